The van der Waals surface area contributed by atoms with Gasteiger partial charge < -0.3 is 0 Å². The molecule has 0 saturated carbocycles. The highest BCUT2D eigenvalue weighted by molar-refractivity contribution is 5.49. The van der Waals surface area contributed by atoms with Crippen LogP contribution in [0.3, 0.4) is 0 Å². The van der Waals surface area contributed by atoms with E-state index in [4.69, 9.17) is 0 Å². The quantitative estimate of drug-likeness (QED) is 0.495. The Morgan fingerprint density at radius 3 is 2.10 bits per heavy atom. The monoisotopic (exact) mass is 272 g/mol. The Morgan fingerprint density at radius 1 is 0.900 bits per heavy atom. The molecule has 0 radical (unpaired) electrons. The van der Waals surface area contributed by atoms with Gasteiger partial charge in [0.15, 0.2) is 0 Å². The lowest BCUT2D eigenvalue weighted by atomic mass is 9.96. The van der Waals surface area contributed by atoms with Gasteiger partial charge in [0.2, 0.25) is 0 Å². The van der Waals surface area contributed by atoms with Crippen LogP contribution in [0.4, 0.5) is 0 Å². The first-order valence-electron chi connectivity index (χ1n) is 8.25. The molecule has 1 unspecified atom stereocenters. The fraction of sp³-hybridized carbons (Fsp3) is 0.600. The minimum atomic E-state index is 0.619. The number of rotatable bonds is 8. The fourth-order valence-corrected chi connectivity index (χ4v) is 2.42. The van der Waals surface area contributed by atoms with Gasteiger partial charge in [-0.2, -0.15) is 0 Å². The lowest BCUT2D eigenvalue weighted by molar-refractivity contribution is 0.461. The molecule has 1 aromatic carbocycles. The molecule has 20 heavy (non-hydrogen) atoms. The van der Waals surface area contributed by atoms with Gasteiger partial charge in [0.05, 0.1) is 0 Å². The van der Waals surface area contributed by atoms with Crippen LogP contribution in [-0.4, -0.2) is 0 Å². The Hall–Kier alpha value is -1.04. The minimum absolute atomic E-state index is 0.619. The van der Waals surface area contributed by atoms with Crippen molar-refractivity contribution in [3.63, 3.8) is 0 Å². The maximum absolute atomic E-state index is 2.37. The Morgan fingerprint density at radius 2 is 1.55 bits per heavy atom. The van der Waals surface area contributed by atoms with Crippen molar-refractivity contribution in [2.45, 2.75) is 66.2 Å². The summed E-state index contributed by atoms with van der Waals surface area (Å²) in [6, 6.07) is 8.96. The number of benzene rings is 1. The predicted octanol–water partition coefficient (Wildman–Crippen LogP) is 6.68. The smallest absolute Gasteiger partial charge is 0.0219 e. The first-order chi connectivity index (χ1) is 9.49. The molecular formula is C20H32. The summed E-state index contributed by atoms with van der Waals surface area (Å²) in [5, 5.41) is 0. The number of hydrogen-bond acceptors (Lipinski definition) is 0. The van der Waals surface area contributed by atoms with E-state index in [-0.39, 0.29) is 0 Å². The van der Waals surface area contributed by atoms with Crippen LogP contribution in [0, 0.1) is 11.8 Å². The summed E-state index contributed by atoms with van der Waals surface area (Å²) in [7, 11) is 0. The van der Waals surface area contributed by atoms with Gasteiger partial charge in [0, 0.05) is 0 Å². The van der Waals surface area contributed by atoms with Crippen LogP contribution in [0.2, 0.25) is 0 Å². The van der Waals surface area contributed by atoms with Crippen LogP contribution in [-0.2, 0) is 0 Å². The van der Waals surface area contributed by atoms with E-state index in [9.17, 15) is 0 Å². The lowest BCUT2D eigenvalue weighted by Gasteiger charge is -2.09. The van der Waals surface area contributed by atoms with Crippen molar-refractivity contribution < 1.29 is 0 Å². The van der Waals surface area contributed by atoms with Gasteiger partial charge in [0.25, 0.3) is 0 Å². The molecule has 0 aromatic heterocycles. The van der Waals surface area contributed by atoms with Crippen LogP contribution in [0.25, 0.3) is 6.08 Å². The van der Waals surface area contributed by atoms with Crippen LogP contribution in [0.5, 0.6) is 0 Å². The molecule has 0 bridgehead atoms. The summed E-state index contributed by atoms with van der Waals surface area (Å²) in [4.78, 5) is 0. The van der Waals surface area contributed by atoms with Crippen LogP contribution in [0.1, 0.15) is 77.3 Å². The molecular weight excluding hydrogens is 240 g/mol. The van der Waals surface area contributed by atoms with E-state index in [1.807, 2.05) is 0 Å². The lowest BCUT2D eigenvalue weighted by Crippen LogP contribution is -1.95. The molecule has 0 aliphatic rings. The van der Waals surface area contributed by atoms with Crippen molar-refractivity contribution >= 4 is 6.08 Å². The standard InChI is InChI=1S/C20H32/c1-16(2)8-6-9-18(5)10-7-11-19-12-14-20(15-13-19)17(3)4/h7,11-18H,6,8-10H2,1-5H3/b11-7+. The highest BCUT2D eigenvalue weighted by Gasteiger charge is 2.01. The molecule has 0 nitrogen and oxygen atoms in total. The van der Waals surface area contributed by atoms with E-state index in [1.54, 1.807) is 0 Å². The van der Waals surface area contributed by atoms with Gasteiger partial charge in [-0.15, -0.1) is 0 Å². The van der Waals surface area contributed by atoms with Crippen LogP contribution < -0.4 is 0 Å². The average Bonchev–Trinajstić information content (AvgIpc) is 2.39. The molecule has 0 aliphatic carbocycles. The fourth-order valence-electron chi connectivity index (χ4n) is 2.42. The third-order valence-corrected chi connectivity index (χ3v) is 3.93. The third-order valence-electron chi connectivity index (χ3n) is 3.93. The largest absolute Gasteiger partial charge is 0.0837 e. The normalized spacial score (nSPS) is 13.6. The van der Waals surface area contributed by atoms with E-state index < -0.39 is 0 Å². The molecule has 0 amide bonds. The second-order valence-electron chi connectivity index (χ2n) is 6.89. The maximum atomic E-state index is 2.37. The van der Waals surface area contributed by atoms with Crippen LogP contribution in [0.15, 0.2) is 30.3 Å². The molecule has 1 rings (SSSR count). The zero-order valence-corrected chi connectivity index (χ0v) is 14.0. The summed E-state index contributed by atoms with van der Waals surface area (Å²) in [6.07, 6.45) is 9.90. The Labute approximate surface area is 126 Å². The van der Waals surface area contributed by atoms with E-state index in [0.717, 1.165) is 11.8 Å². The summed E-state index contributed by atoms with van der Waals surface area (Å²) >= 11 is 0. The van der Waals surface area contributed by atoms with Gasteiger partial charge in [0.1, 0.15) is 0 Å². The van der Waals surface area contributed by atoms with E-state index in [1.165, 1.54) is 36.8 Å². The highest BCUT2D eigenvalue weighted by Crippen LogP contribution is 2.18. The molecule has 0 heterocycles. The number of allylic oxidation sites excluding steroid dienone is 1. The molecule has 1 atom stereocenters. The van der Waals surface area contributed by atoms with Crippen molar-refractivity contribution in [2.75, 3.05) is 0 Å². The van der Waals surface area contributed by atoms with Crippen molar-refractivity contribution in [2.24, 2.45) is 11.8 Å². The van der Waals surface area contributed by atoms with Crippen molar-refractivity contribution in [1.82, 2.24) is 0 Å². The molecule has 0 heteroatoms. The van der Waals surface area contributed by atoms with Gasteiger partial charge in [-0.3, -0.25) is 0 Å². The summed E-state index contributed by atoms with van der Waals surface area (Å²) in [5.41, 5.74) is 2.74. The van der Waals surface area contributed by atoms with E-state index in [2.05, 4.69) is 71.0 Å². The zero-order valence-electron chi connectivity index (χ0n) is 14.0. The molecule has 0 aliphatic heterocycles. The maximum Gasteiger partial charge on any atom is -0.0219 e. The Kier molecular flexibility index (Phi) is 7.65. The molecule has 0 N–H and O–H groups in total. The van der Waals surface area contributed by atoms with E-state index in [0.29, 0.717) is 5.92 Å². The predicted molar refractivity (Wildman–Crippen MR) is 92.0 cm³/mol. The summed E-state index contributed by atoms with van der Waals surface area (Å²) in [6.45, 7) is 11.5. The first-order valence-corrected chi connectivity index (χ1v) is 8.25. The molecule has 1 aromatic rings. The Balaban J connectivity index is 2.33. The second-order valence-corrected chi connectivity index (χ2v) is 6.89. The highest BCUT2D eigenvalue weighted by atomic mass is 14.1. The van der Waals surface area contributed by atoms with Crippen LogP contribution >= 0.6 is 0 Å². The van der Waals surface area contributed by atoms with Crippen molar-refractivity contribution in [1.29, 1.82) is 0 Å². The second kappa shape index (κ2) is 9.00. The minimum Gasteiger partial charge on any atom is -0.0837 e. The van der Waals surface area contributed by atoms with Crippen molar-refractivity contribution in [3.05, 3.63) is 41.5 Å². The molecule has 0 spiro atoms. The van der Waals surface area contributed by atoms with E-state index >= 15 is 0 Å². The zero-order chi connectivity index (χ0) is 15.0. The Bertz CT molecular complexity index is 381. The molecule has 0 saturated heterocycles. The molecule has 0 fully saturated rings. The topological polar surface area (TPSA) is 0 Å². The molecule has 112 valence electrons. The average molecular weight is 272 g/mol. The van der Waals surface area contributed by atoms with Crippen molar-refractivity contribution in [3.8, 4) is 0 Å². The van der Waals surface area contributed by atoms with Gasteiger partial charge >= 0.3 is 0 Å². The van der Waals surface area contributed by atoms with Gasteiger partial charge in [-0.25, -0.2) is 0 Å². The first kappa shape index (κ1) is 17.0. The number of hydrogen-bond donors (Lipinski definition) is 0. The SMILES string of the molecule is CC(C)CCCC(C)C/C=C/c1ccc(C(C)C)cc1. The summed E-state index contributed by atoms with van der Waals surface area (Å²) in [5.74, 6) is 2.27. The van der Waals surface area contributed by atoms with Gasteiger partial charge in [-0.05, 0) is 35.3 Å². The van der Waals surface area contributed by atoms with Gasteiger partial charge in [-0.1, -0.05) is 90.3 Å². The third kappa shape index (κ3) is 6.93. The summed E-state index contributed by atoms with van der Waals surface area (Å²) < 4.78 is 0.